The van der Waals surface area contributed by atoms with Crippen molar-refractivity contribution in [2.24, 2.45) is 5.92 Å². The molecule has 6 heteroatoms. The van der Waals surface area contributed by atoms with E-state index in [1.807, 2.05) is 49.2 Å². The summed E-state index contributed by atoms with van der Waals surface area (Å²) >= 11 is 0. The van der Waals surface area contributed by atoms with Gasteiger partial charge in [-0.05, 0) is 19.0 Å². The summed E-state index contributed by atoms with van der Waals surface area (Å²) in [6.07, 6.45) is 0.684. The maximum atomic E-state index is 12.3. The van der Waals surface area contributed by atoms with Gasteiger partial charge in [0.25, 0.3) is 0 Å². The SMILES string of the molecule is CNCC(C)C(=O)NC1CCN(Cc2ccccc2)C1=O.Cl. The highest BCUT2D eigenvalue weighted by atomic mass is 35.5. The zero-order valence-electron chi connectivity index (χ0n) is 13.0. The zero-order valence-corrected chi connectivity index (χ0v) is 13.9. The summed E-state index contributed by atoms with van der Waals surface area (Å²) in [5.41, 5.74) is 1.11. The van der Waals surface area contributed by atoms with Gasteiger partial charge in [-0.2, -0.15) is 0 Å². The Hall–Kier alpha value is -1.59. The van der Waals surface area contributed by atoms with Crippen molar-refractivity contribution in [2.45, 2.75) is 25.9 Å². The van der Waals surface area contributed by atoms with Gasteiger partial charge < -0.3 is 15.5 Å². The van der Waals surface area contributed by atoms with Crippen molar-refractivity contribution in [1.82, 2.24) is 15.5 Å². The van der Waals surface area contributed by atoms with Crippen LogP contribution in [0.4, 0.5) is 0 Å². The smallest absolute Gasteiger partial charge is 0.245 e. The summed E-state index contributed by atoms with van der Waals surface area (Å²) in [7, 11) is 1.81. The first-order valence-electron chi connectivity index (χ1n) is 7.39. The van der Waals surface area contributed by atoms with E-state index in [4.69, 9.17) is 0 Å². The van der Waals surface area contributed by atoms with E-state index >= 15 is 0 Å². The van der Waals surface area contributed by atoms with E-state index in [1.54, 1.807) is 0 Å². The fraction of sp³-hybridized carbons (Fsp3) is 0.500. The summed E-state index contributed by atoms with van der Waals surface area (Å²) < 4.78 is 0. The molecule has 0 radical (unpaired) electrons. The summed E-state index contributed by atoms with van der Waals surface area (Å²) in [6.45, 7) is 3.77. The molecule has 0 spiro atoms. The Morgan fingerprint density at radius 2 is 2.05 bits per heavy atom. The minimum absolute atomic E-state index is 0. The fourth-order valence-electron chi connectivity index (χ4n) is 2.55. The maximum absolute atomic E-state index is 12.3. The summed E-state index contributed by atoms with van der Waals surface area (Å²) in [5, 5.41) is 5.83. The minimum atomic E-state index is -0.375. The van der Waals surface area contributed by atoms with Crippen LogP contribution in [0.15, 0.2) is 30.3 Å². The van der Waals surface area contributed by atoms with Gasteiger partial charge in [0.1, 0.15) is 6.04 Å². The number of hydrogen-bond donors (Lipinski definition) is 2. The quantitative estimate of drug-likeness (QED) is 0.825. The highest BCUT2D eigenvalue weighted by molar-refractivity contribution is 5.89. The van der Waals surface area contributed by atoms with E-state index in [0.717, 1.165) is 5.56 Å². The average Bonchev–Trinajstić information content (AvgIpc) is 2.81. The molecule has 22 heavy (non-hydrogen) atoms. The number of likely N-dealkylation sites (tertiary alicyclic amines) is 1. The third-order valence-electron chi connectivity index (χ3n) is 3.79. The van der Waals surface area contributed by atoms with Gasteiger partial charge in [0, 0.05) is 25.6 Å². The molecule has 2 rings (SSSR count). The number of halogens is 1. The molecular weight excluding hydrogens is 302 g/mol. The molecular formula is C16H24ClN3O2. The molecule has 1 aromatic carbocycles. The van der Waals surface area contributed by atoms with Gasteiger partial charge in [0.2, 0.25) is 11.8 Å². The highest BCUT2D eigenvalue weighted by Crippen LogP contribution is 2.15. The van der Waals surface area contributed by atoms with Gasteiger partial charge in [-0.15, -0.1) is 12.4 Å². The Balaban J connectivity index is 0.00000242. The van der Waals surface area contributed by atoms with Crippen molar-refractivity contribution in [3.63, 3.8) is 0 Å². The number of amides is 2. The van der Waals surface area contributed by atoms with Crippen LogP contribution < -0.4 is 10.6 Å². The van der Waals surface area contributed by atoms with E-state index in [1.165, 1.54) is 0 Å². The lowest BCUT2D eigenvalue weighted by Gasteiger charge is -2.18. The molecule has 0 bridgehead atoms. The molecule has 2 N–H and O–H groups in total. The van der Waals surface area contributed by atoms with Crippen molar-refractivity contribution in [2.75, 3.05) is 20.1 Å². The second-order valence-electron chi connectivity index (χ2n) is 5.55. The Morgan fingerprint density at radius 3 is 2.68 bits per heavy atom. The summed E-state index contributed by atoms with van der Waals surface area (Å²) in [6, 6.07) is 9.54. The standard InChI is InChI=1S/C16H23N3O2.ClH/c1-12(10-17-2)15(20)18-14-8-9-19(16(14)21)11-13-6-4-3-5-7-13;/h3-7,12,14,17H,8-11H2,1-2H3,(H,18,20);1H. The summed E-state index contributed by atoms with van der Waals surface area (Å²) in [5.74, 6) is -0.181. The van der Waals surface area contributed by atoms with E-state index in [9.17, 15) is 9.59 Å². The third-order valence-corrected chi connectivity index (χ3v) is 3.79. The predicted molar refractivity (Wildman–Crippen MR) is 88.7 cm³/mol. The van der Waals surface area contributed by atoms with Crippen LogP contribution in [0.5, 0.6) is 0 Å². The van der Waals surface area contributed by atoms with Crippen LogP contribution in [0.25, 0.3) is 0 Å². The molecule has 122 valence electrons. The molecule has 1 saturated heterocycles. The molecule has 0 saturated carbocycles. The van der Waals surface area contributed by atoms with E-state index < -0.39 is 0 Å². The number of nitrogens with one attached hydrogen (secondary N) is 2. The number of rotatable bonds is 6. The van der Waals surface area contributed by atoms with Gasteiger partial charge in [-0.1, -0.05) is 37.3 Å². The van der Waals surface area contributed by atoms with Gasteiger partial charge in [-0.25, -0.2) is 0 Å². The number of nitrogens with zero attached hydrogens (tertiary/aromatic N) is 1. The first kappa shape index (κ1) is 18.5. The van der Waals surface area contributed by atoms with Crippen LogP contribution in [-0.2, 0) is 16.1 Å². The third kappa shape index (κ3) is 4.71. The van der Waals surface area contributed by atoms with E-state index in [0.29, 0.717) is 26.1 Å². The largest absolute Gasteiger partial charge is 0.344 e. The van der Waals surface area contributed by atoms with Crippen molar-refractivity contribution >= 4 is 24.2 Å². The van der Waals surface area contributed by atoms with Crippen LogP contribution in [0.2, 0.25) is 0 Å². The first-order chi connectivity index (χ1) is 10.1. The molecule has 1 aliphatic rings. The molecule has 0 aliphatic carbocycles. The molecule has 1 fully saturated rings. The lowest BCUT2D eigenvalue weighted by atomic mass is 10.1. The molecule has 2 amide bonds. The van der Waals surface area contributed by atoms with Gasteiger partial charge >= 0.3 is 0 Å². The van der Waals surface area contributed by atoms with Crippen molar-refractivity contribution < 1.29 is 9.59 Å². The molecule has 0 aromatic heterocycles. The number of benzene rings is 1. The number of carbonyl (C=O) groups excluding carboxylic acids is 2. The molecule has 2 unspecified atom stereocenters. The van der Waals surface area contributed by atoms with Gasteiger partial charge in [-0.3, -0.25) is 9.59 Å². The second-order valence-corrected chi connectivity index (χ2v) is 5.55. The van der Waals surface area contributed by atoms with Gasteiger partial charge in [0.05, 0.1) is 0 Å². The Kier molecular flexibility index (Phi) is 7.35. The molecule has 2 atom stereocenters. The van der Waals surface area contributed by atoms with Crippen LogP contribution in [-0.4, -0.2) is 42.9 Å². The lowest BCUT2D eigenvalue weighted by Crippen LogP contribution is -2.44. The van der Waals surface area contributed by atoms with E-state index in [2.05, 4.69) is 10.6 Å². The normalized spacial score (nSPS) is 18.7. The van der Waals surface area contributed by atoms with Crippen LogP contribution in [0, 0.1) is 5.92 Å². The van der Waals surface area contributed by atoms with E-state index in [-0.39, 0.29) is 36.2 Å². The molecule has 5 nitrogen and oxygen atoms in total. The Morgan fingerprint density at radius 1 is 1.36 bits per heavy atom. The van der Waals surface area contributed by atoms with Crippen LogP contribution >= 0.6 is 12.4 Å². The molecule has 1 aliphatic heterocycles. The average molecular weight is 326 g/mol. The van der Waals surface area contributed by atoms with Crippen LogP contribution in [0.1, 0.15) is 18.9 Å². The Bertz CT molecular complexity index is 495. The minimum Gasteiger partial charge on any atom is -0.344 e. The zero-order chi connectivity index (χ0) is 15.2. The topological polar surface area (TPSA) is 61.4 Å². The lowest BCUT2D eigenvalue weighted by molar-refractivity contribution is -0.134. The molecule has 1 aromatic rings. The number of hydrogen-bond acceptors (Lipinski definition) is 3. The van der Waals surface area contributed by atoms with Gasteiger partial charge in [0.15, 0.2) is 0 Å². The first-order valence-corrected chi connectivity index (χ1v) is 7.39. The second kappa shape index (κ2) is 8.76. The predicted octanol–water partition coefficient (Wildman–Crippen LogP) is 1.18. The Labute approximate surface area is 137 Å². The summed E-state index contributed by atoms with van der Waals surface area (Å²) in [4.78, 5) is 26.1. The maximum Gasteiger partial charge on any atom is 0.245 e. The van der Waals surface area contributed by atoms with Crippen molar-refractivity contribution in [3.05, 3.63) is 35.9 Å². The van der Waals surface area contributed by atoms with Crippen LogP contribution in [0.3, 0.4) is 0 Å². The fourth-order valence-corrected chi connectivity index (χ4v) is 2.55. The van der Waals surface area contributed by atoms with Crippen molar-refractivity contribution in [1.29, 1.82) is 0 Å². The highest BCUT2D eigenvalue weighted by Gasteiger charge is 2.33. The monoisotopic (exact) mass is 325 g/mol. The molecule has 1 heterocycles. The van der Waals surface area contributed by atoms with Crippen molar-refractivity contribution in [3.8, 4) is 0 Å². The number of carbonyl (C=O) groups is 2.